The molecule has 1 aliphatic rings. The zero-order valence-corrected chi connectivity index (χ0v) is 14.2. The molecule has 1 fully saturated rings. The summed E-state index contributed by atoms with van der Waals surface area (Å²) in [6.07, 6.45) is 1.21. The molecule has 1 N–H and O–H groups in total. The van der Waals surface area contributed by atoms with Gasteiger partial charge in [0, 0.05) is 18.8 Å². The van der Waals surface area contributed by atoms with Crippen LogP contribution in [0.15, 0.2) is 48.5 Å². The maximum Gasteiger partial charge on any atom is 0.239 e. The lowest BCUT2D eigenvalue weighted by Gasteiger charge is -2.16. The van der Waals surface area contributed by atoms with Crippen LogP contribution in [-0.4, -0.2) is 24.9 Å². The van der Waals surface area contributed by atoms with Crippen molar-refractivity contribution in [1.29, 1.82) is 0 Å². The molecule has 3 rings (SSSR count). The van der Waals surface area contributed by atoms with E-state index in [1.807, 2.05) is 25.1 Å². The Kier molecular flexibility index (Phi) is 5.12. The number of rotatable bonds is 5. The van der Waals surface area contributed by atoms with Crippen molar-refractivity contribution in [3.8, 4) is 0 Å². The van der Waals surface area contributed by atoms with Gasteiger partial charge in [-0.3, -0.25) is 9.59 Å². The summed E-state index contributed by atoms with van der Waals surface area (Å²) < 4.78 is 13.0. The number of benzene rings is 2. The van der Waals surface area contributed by atoms with Crippen LogP contribution >= 0.6 is 0 Å². The molecule has 1 unspecified atom stereocenters. The molecular weight excluding hydrogens is 319 g/mol. The predicted molar refractivity (Wildman–Crippen MR) is 94.8 cm³/mol. The summed E-state index contributed by atoms with van der Waals surface area (Å²) in [6.45, 7) is 3.01. The third-order valence-corrected chi connectivity index (χ3v) is 4.46. The fourth-order valence-electron chi connectivity index (χ4n) is 3.12. The van der Waals surface area contributed by atoms with Crippen LogP contribution in [0.3, 0.4) is 0 Å². The molecule has 1 saturated heterocycles. The molecule has 0 saturated carbocycles. The number of halogens is 1. The highest BCUT2D eigenvalue weighted by Crippen LogP contribution is 2.25. The quantitative estimate of drug-likeness (QED) is 0.851. The van der Waals surface area contributed by atoms with Gasteiger partial charge in [-0.25, -0.2) is 4.39 Å². The largest absolute Gasteiger partial charge is 0.355 e. The number of carbonyl (C=O) groups is 2. The molecule has 1 atom stereocenters. The van der Waals surface area contributed by atoms with Crippen molar-refractivity contribution in [1.82, 2.24) is 5.32 Å². The Morgan fingerprint density at radius 3 is 2.72 bits per heavy atom. The van der Waals surface area contributed by atoms with Crippen molar-refractivity contribution in [3.05, 3.63) is 65.5 Å². The van der Waals surface area contributed by atoms with Crippen LogP contribution in [0.2, 0.25) is 0 Å². The standard InChI is InChI=1S/C20H21FN2O2/c1-14-3-2-4-15(13-14)9-11-22-19(24)18-10-12-23(20(18)25)17-7-5-16(21)6-8-17/h2-8,13,18H,9-12H2,1H3,(H,22,24). The predicted octanol–water partition coefficient (Wildman–Crippen LogP) is 2.85. The minimum Gasteiger partial charge on any atom is -0.355 e. The van der Waals surface area contributed by atoms with E-state index < -0.39 is 5.92 Å². The van der Waals surface area contributed by atoms with Crippen LogP contribution in [0, 0.1) is 18.7 Å². The zero-order valence-electron chi connectivity index (χ0n) is 14.2. The van der Waals surface area contributed by atoms with Crippen molar-refractivity contribution in [3.63, 3.8) is 0 Å². The van der Waals surface area contributed by atoms with Gasteiger partial charge in [0.15, 0.2) is 0 Å². The lowest BCUT2D eigenvalue weighted by Crippen LogP contribution is -2.37. The normalized spacial score (nSPS) is 17.0. The van der Waals surface area contributed by atoms with Gasteiger partial charge in [0.05, 0.1) is 0 Å². The van der Waals surface area contributed by atoms with Gasteiger partial charge in [0.1, 0.15) is 11.7 Å². The zero-order chi connectivity index (χ0) is 17.8. The molecule has 130 valence electrons. The Morgan fingerprint density at radius 1 is 1.24 bits per heavy atom. The molecule has 1 aliphatic heterocycles. The first-order valence-electron chi connectivity index (χ1n) is 8.45. The summed E-state index contributed by atoms with van der Waals surface area (Å²) in [5.74, 6) is -1.47. The fraction of sp³-hybridized carbons (Fsp3) is 0.300. The van der Waals surface area contributed by atoms with Gasteiger partial charge in [0.25, 0.3) is 0 Å². The lowest BCUT2D eigenvalue weighted by atomic mass is 10.1. The van der Waals surface area contributed by atoms with Crippen LogP contribution in [0.1, 0.15) is 17.5 Å². The first-order chi connectivity index (χ1) is 12.0. The minimum absolute atomic E-state index is 0.223. The van der Waals surface area contributed by atoms with E-state index in [4.69, 9.17) is 0 Å². The average Bonchev–Trinajstić information content (AvgIpc) is 2.97. The summed E-state index contributed by atoms with van der Waals surface area (Å²) in [5.41, 5.74) is 2.97. The fourth-order valence-corrected chi connectivity index (χ4v) is 3.12. The second-order valence-corrected chi connectivity index (χ2v) is 6.34. The van der Waals surface area contributed by atoms with Crippen molar-refractivity contribution in [2.75, 3.05) is 18.0 Å². The van der Waals surface area contributed by atoms with Crippen LogP contribution in [0.25, 0.3) is 0 Å². The maximum atomic E-state index is 13.0. The SMILES string of the molecule is Cc1cccc(CCNC(=O)C2CCN(c3ccc(F)cc3)C2=O)c1. The van der Waals surface area contributed by atoms with E-state index in [-0.39, 0.29) is 17.6 Å². The Bertz CT molecular complexity index is 774. The first kappa shape index (κ1) is 17.1. The number of carbonyl (C=O) groups excluding carboxylic acids is 2. The van der Waals surface area contributed by atoms with E-state index in [9.17, 15) is 14.0 Å². The number of nitrogens with one attached hydrogen (secondary N) is 1. The van der Waals surface area contributed by atoms with Crippen molar-refractivity contribution < 1.29 is 14.0 Å². The second-order valence-electron chi connectivity index (χ2n) is 6.34. The third kappa shape index (κ3) is 4.05. The highest BCUT2D eigenvalue weighted by molar-refractivity contribution is 6.09. The van der Waals surface area contributed by atoms with E-state index in [0.717, 1.165) is 12.0 Å². The summed E-state index contributed by atoms with van der Waals surface area (Å²) in [4.78, 5) is 26.4. The average molecular weight is 340 g/mol. The van der Waals surface area contributed by atoms with Crippen LogP contribution in [0.5, 0.6) is 0 Å². The van der Waals surface area contributed by atoms with E-state index in [0.29, 0.717) is 25.2 Å². The molecule has 0 spiro atoms. The topological polar surface area (TPSA) is 49.4 Å². The molecule has 4 nitrogen and oxygen atoms in total. The monoisotopic (exact) mass is 340 g/mol. The van der Waals surface area contributed by atoms with Crippen molar-refractivity contribution in [2.24, 2.45) is 5.92 Å². The second kappa shape index (κ2) is 7.47. The van der Waals surface area contributed by atoms with E-state index in [2.05, 4.69) is 11.4 Å². The van der Waals surface area contributed by atoms with Gasteiger partial charge in [0.2, 0.25) is 11.8 Å². The Balaban J connectivity index is 1.54. The number of hydrogen-bond donors (Lipinski definition) is 1. The molecule has 0 bridgehead atoms. The Hall–Kier alpha value is -2.69. The van der Waals surface area contributed by atoms with E-state index in [1.54, 1.807) is 17.0 Å². The van der Waals surface area contributed by atoms with Gasteiger partial charge in [-0.05, 0) is 49.6 Å². The Morgan fingerprint density at radius 2 is 2.00 bits per heavy atom. The summed E-state index contributed by atoms with van der Waals surface area (Å²) in [6, 6.07) is 13.9. The van der Waals surface area contributed by atoms with Crippen LogP contribution in [0.4, 0.5) is 10.1 Å². The number of aryl methyl sites for hydroxylation is 1. The van der Waals surface area contributed by atoms with Gasteiger partial charge >= 0.3 is 0 Å². The molecule has 5 heteroatoms. The van der Waals surface area contributed by atoms with Crippen molar-refractivity contribution in [2.45, 2.75) is 19.8 Å². The lowest BCUT2D eigenvalue weighted by molar-refractivity contribution is -0.132. The summed E-state index contributed by atoms with van der Waals surface area (Å²) >= 11 is 0. The number of anilines is 1. The highest BCUT2D eigenvalue weighted by atomic mass is 19.1. The summed E-state index contributed by atoms with van der Waals surface area (Å²) in [5, 5.41) is 2.86. The minimum atomic E-state index is -0.664. The molecule has 0 radical (unpaired) electrons. The molecule has 2 aromatic carbocycles. The van der Waals surface area contributed by atoms with E-state index in [1.165, 1.54) is 17.7 Å². The van der Waals surface area contributed by atoms with Gasteiger partial charge < -0.3 is 10.2 Å². The number of amides is 2. The molecule has 2 aromatic rings. The molecule has 1 heterocycles. The molecule has 0 aliphatic carbocycles. The molecule has 0 aromatic heterocycles. The van der Waals surface area contributed by atoms with Gasteiger partial charge in [-0.15, -0.1) is 0 Å². The smallest absolute Gasteiger partial charge is 0.239 e. The summed E-state index contributed by atoms with van der Waals surface area (Å²) in [7, 11) is 0. The number of hydrogen-bond acceptors (Lipinski definition) is 2. The Labute approximate surface area is 146 Å². The van der Waals surface area contributed by atoms with Crippen LogP contribution < -0.4 is 10.2 Å². The van der Waals surface area contributed by atoms with E-state index >= 15 is 0 Å². The maximum absolute atomic E-state index is 13.0. The van der Waals surface area contributed by atoms with Gasteiger partial charge in [-0.2, -0.15) is 0 Å². The molecule has 2 amide bonds. The first-order valence-corrected chi connectivity index (χ1v) is 8.45. The van der Waals surface area contributed by atoms with Gasteiger partial charge in [-0.1, -0.05) is 29.8 Å². The van der Waals surface area contributed by atoms with Crippen molar-refractivity contribution >= 4 is 17.5 Å². The van der Waals surface area contributed by atoms with Crippen LogP contribution in [-0.2, 0) is 16.0 Å². The highest BCUT2D eigenvalue weighted by Gasteiger charge is 2.37. The molecule has 25 heavy (non-hydrogen) atoms. The third-order valence-electron chi connectivity index (χ3n) is 4.46. The molecular formula is C20H21FN2O2. The number of nitrogens with zero attached hydrogens (tertiary/aromatic N) is 1.